The highest BCUT2D eigenvalue weighted by Gasteiger charge is 2.48. The van der Waals surface area contributed by atoms with Gasteiger partial charge in [0, 0.05) is 13.2 Å². The number of amides is 1. The van der Waals surface area contributed by atoms with Crippen LogP contribution in [0.4, 0.5) is 0 Å². The predicted molar refractivity (Wildman–Crippen MR) is 52.1 cm³/mol. The lowest BCUT2D eigenvalue weighted by Crippen LogP contribution is -2.50. The molecule has 90 valence electrons. The zero-order valence-corrected chi connectivity index (χ0v) is 9.57. The lowest BCUT2D eigenvalue weighted by Gasteiger charge is -2.32. The van der Waals surface area contributed by atoms with Gasteiger partial charge in [-0.05, 0) is 13.8 Å². The summed E-state index contributed by atoms with van der Waals surface area (Å²) in [6.07, 6.45) is 0.174. The molecule has 15 heavy (non-hydrogen) atoms. The summed E-state index contributed by atoms with van der Waals surface area (Å²) >= 11 is 0. The molecule has 0 saturated heterocycles. The summed E-state index contributed by atoms with van der Waals surface area (Å²) in [4.78, 5) is 28.5. The Labute approximate surface area is 87.9 Å². The third-order valence-corrected chi connectivity index (χ3v) is 2.97. The predicted octanol–water partition coefficient (Wildman–Crippen LogP) is -0.363. The summed E-state index contributed by atoms with van der Waals surface area (Å²) in [5.41, 5.74) is -2.08. The third kappa shape index (κ3) is 3.89. The highest BCUT2D eigenvalue weighted by Crippen LogP contribution is 2.49. The molecule has 0 aromatic carbocycles. The van der Waals surface area contributed by atoms with Crippen LogP contribution in [-0.4, -0.2) is 41.5 Å². The molecule has 1 atom stereocenters. The fourth-order valence-corrected chi connectivity index (χ4v) is 1.73. The van der Waals surface area contributed by atoms with Gasteiger partial charge in [0.1, 0.15) is 6.61 Å². The standard InChI is InChI=1S/C7H16NO6P/c1-3-13-5-7(8-6-9,14-4-2)15(10,11)12/h6H,3-5H2,1-2H3,(H,8,9)(H2,10,11,12). The van der Waals surface area contributed by atoms with Crippen LogP contribution in [0.1, 0.15) is 13.8 Å². The van der Waals surface area contributed by atoms with Crippen LogP contribution in [0.3, 0.4) is 0 Å². The summed E-state index contributed by atoms with van der Waals surface area (Å²) in [7, 11) is -4.66. The number of nitrogens with one attached hydrogen (secondary N) is 1. The van der Waals surface area contributed by atoms with Crippen molar-refractivity contribution in [3.8, 4) is 0 Å². The van der Waals surface area contributed by atoms with Gasteiger partial charge in [-0.2, -0.15) is 0 Å². The molecule has 0 aromatic heterocycles. The largest absolute Gasteiger partial charge is 0.380 e. The van der Waals surface area contributed by atoms with Crippen LogP contribution < -0.4 is 5.32 Å². The highest BCUT2D eigenvalue weighted by atomic mass is 31.2. The molecular formula is C7H16NO6P. The molecule has 8 heteroatoms. The molecule has 1 unspecified atom stereocenters. The normalized spacial score (nSPS) is 15.7. The van der Waals surface area contributed by atoms with Crippen molar-refractivity contribution in [2.45, 2.75) is 19.3 Å². The second-order valence-corrected chi connectivity index (χ2v) is 4.47. The lowest BCUT2D eigenvalue weighted by molar-refractivity contribution is -0.121. The topological polar surface area (TPSA) is 105 Å². The number of carbonyl (C=O) groups excluding carboxylic acids is 1. The van der Waals surface area contributed by atoms with Gasteiger partial charge in [-0.3, -0.25) is 9.36 Å². The second-order valence-electron chi connectivity index (χ2n) is 2.66. The first-order chi connectivity index (χ1) is 6.93. The molecule has 0 aromatic rings. The van der Waals surface area contributed by atoms with E-state index >= 15 is 0 Å². The van der Waals surface area contributed by atoms with E-state index in [1.54, 1.807) is 13.8 Å². The number of hydrogen-bond acceptors (Lipinski definition) is 4. The van der Waals surface area contributed by atoms with Crippen molar-refractivity contribution in [1.82, 2.24) is 5.32 Å². The molecule has 1 amide bonds. The minimum absolute atomic E-state index is 0.0407. The van der Waals surface area contributed by atoms with Crippen LogP contribution in [0, 0.1) is 0 Å². The van der Waals surface area contributed by atoms with Crippen LogP contribution in [0.5, 0.6) is 0 Å². The Bertz CT molecular complexity index is 242. The molecule has 3 N–H and O–H groups in total. The summed E-state index contributed by atoms with van der Waals surface area (Å²) in [5.74, 6) is 0. The van der Waals surface area contributed by atoms with E-state index in [-0.39, 0.29) is 19.6 Å². The zero-order valence-electron chi connectivity index (χ0n) is 8.67. The highest BCUT2D eigenvalue weighted by molar-refractivity contribution is 7.53. The molecule has 0 aliphatic heterocycles. The van der Waals surface area contributed by atoms with E-state index in [9.17, 15) is 9.36 Å². The zero-order chi connectivity index (χ0) is 11.9. The molecular weight excluding hydrogens is 225 g/mol. The van der Waals surface area contributed by atoms with E-state index in [4.69, 9.17) is 19.3 Å². The Hall–Kier alpha value is -0.460. The van der Waals surface area contributed by atoms with Gasteiger partial charge < -0.3 is 24.6 Å². The van der Waals surface area contributed by atoms with E-state index < -0.39 is 19.7 Å². The number of rotatable bonds is 8. The van der Waals surface area contributed by atoms with Crippen LogP contribution in [0.15, 0.2) is 0 Å². The van der Waals surface area contributed by atoms with Crippen LogP contribution in [-0.2, 0) is 18.8 Å². The first kappa shape index (κ1) is 14.5. The Balaban J connectivity index is 4.88. The summed E-state index contributed by atoms with van der Waals surface area (Å²) in [6, 6.07) is 0. The fraction of sp³-hybridized carbons (Fsp3) is 0.857. The Morgan fingerprint density at radius 3 is 2.33 bits per heavy atom. The first-order valence-corrected chi connectivity index (χ1v) is 6.03. The molecule has 0 radical (unpaired) electrons. The molecule has 0 aliphatic rings. The molecule has 0 heterocycles. The number of carbonyl (C=O) groups is 1. The van der Waals surface area contributed by atoms with Gasteiger partial charge in [0.25, 0.3) is 5.47 Å². The van der Waals surface area contributed by atoms with Crippen molar-refractivity contribution in [3.05, 3.63) is 0 Å². The van der Waals surface area contributed by atoms with Gasteiger partial charge in [0.05, 0.1) is 0 Å². The number of hydrogen-bond donors (Lipinski definition) is 3. The Morgan fingerprint density at radius 2 is 2.00 bits per heavy atom. The number of ether oxygens (including phenoxy) is 2. The summed E-state index contributed by atoms with van der Waals surface area (Å²) in [6.45, 7) is 3.12. The average Bonchev–Trinajstić information content (AvgIpc) is 2.13. The molecule has 0 fully saturated rings. The van der Waals surface area contributed by atoms with Crippen molar-refractivity contribution in [2.75, 3.05) is 19.8 Å². The van der Waals surface area contributed by atoms with Gasteiger partial charge in [-0.25, -0.2) is 0 Å². The van der Waals surface area contributed by atoms with Crippen molar-refractivity contribution in [2.24, 2.45) is 0 Å². The van der Waals surface area contributed by atoms with E-state index in [0.29, 0.717) is 0 Å². The van der Waals surface area contributed by atoms with Crippen LogP contribution in [0.25, 0.3) is 0 Å². The molecule has 0 spiro atoms. The maximum absolute atomic E-state index is 11.2. The van der Waals surface area contributed by atoms with Crippen molar-refractivity contribution in [3.63, 3.8) is 0 Å². The van der Waals surface area contributed by atoms with Crippen molar-refractivity contribution in [1.29, 1.82) is 0 Å². The Kier molecular flexibility index (Phi) is 6.00. The average molecular weight is 241 g/mol. The van der Waals surface area contributed by atoms with Crippen molar-refractivity contribution >= 4 is 14.0 Å². The molecule has 0 aliphatic carbocycles. The van der Waals surface area contributed by atoms with Gasteiger partial charge >= 0.3 is 7.60 Å². The fourth-order valence-electron chi connectivity index (χ4n) is 0.949. The maximum atomic E-state index is 11.2. The smallest absolute Gasteiger partial charge is 0.376 e. The maximum Gasteiger partial charge on any atom is 0.380 e. The lowest BCUT2D eigenvalue weighted by atomic mass is 10.5. The van der Waals surface area contributed by atoms with Gasteiger partial charge in [0.15, 0.2) is 0 Å². The molecule has 0 bridgehead atoms. The van der Waals surface area contributed by atoms with E-state index in [2.05, 4.69) is 0 Å². The molecule has 0 saturated carbocycles. The van der Waals surface area contributed by atoms with Gasteiger partial charge in [0.2, 0.25) is 6.41 Å². The minimum Gasteiger partial charge on any atom is -0.376 e. The van der Waals surface area contributed by atoms with Gasteiger partial charge in [-0.15, -0.1) is 0 Å². The monoisotopic (exact) mass is 241 g/mol. The quantitative estimate of drug-likeness (QED) is 0.304. The molecule has 0 rings (SSSR count). The van der Waals surface area contributed by atoms with Crippen LogP contribution in [0.2, 0.25) is 0 Å². The van der Waals surface area contributed by atoms with Gasteiger partial charge in [-0.1, -0.05) is 0 Å². The Morgan fingerprint density at radius 1 is 1.40 bits per heavy atom. The minimum atomic E-state index is -4.66. The first-order valence-electron chi connectivity index (χ1n) is 4.42. The second kappa shape index (κ2) is 6.19. The summed E-state index contributed by atoms with van der Waals surface area (Å²) < 4.78 is 21.0. The van der Waals surface area contributed by atoms with E-state index in [0.717, 1.165) is 0 Å². The van der Waals surface area contributed by atoms with E-state index in [1.807, 2.05) is 5.32 Å². The van der Waals surface area contributed by atoms with Crippen LogP contribution >= 0.6 is 7.60 Å². The van der Waals surface area contributed by atoms with Crippen molar-refractivity contribution < 1.29 is 28.6 Å². The summed E-state index contributed by atoms with van der Waals surface area (Å²) in [5, 5.41) is 1.98. The van der Waals surface area contributed by atoms with E-state index in [1.165, 1.54) is 0 Å². The SMILES string of the molecule is CCOCC(NC=O)(OCC)P(=O)(O)O. The third-order valence-electron chi connectivity index (χ3n) is 1.64. The molecule has 7 nitrogen and oxygen atoms in total.